The molecule has 0 spiro atoms. The first-order chi connectivity index (χ1) is 9.65. The second-order valence-corrected chi connectivity index (χ2v) is 5.71. The van der Waals surface area contributed by atoms with E-state index in [-0.39, 0.29) is 10.9 Å². The monoisotopic (exact) mass is 288 g/mol. The smallest absolute Gasteiger partial charge is 0.304 e. The summed E-state index contributed by atoms with van der Waals surface area (Å²) >= 11 is 1.18. The summed E-state index contributed by atoms with van der Waals surface area (Å²) in [6.45, 7) is 4.76. The first-order valence-corrected chi connectivity index (χ1v) is 7.41. The Kier molecular flexibility index (Phi) is 3.46. The molecular weight excluding hydrogens is 272 g/mol. The summed E-state index contributed by atoms with van der Waals surface area (Å²) < 4.78 is 5.92. The maximum Gasteiger partial charge on any atom is 0.304 e. The molecule has 0 saturated heterocycles. The highest BCUT2D eigenvalue weighted by atomic mass is 32.1. The first-order valence-electron chi connectivity index (χ1n) is 6.53. The second-order valence-electron chi connectivity index (χ2n) is 4.86. The molecule has 104 valence electrons. The zero-order valence-corrected chi connectivity index (χ0v) is 12.2. The standard InChI is InChI=1S/C15H16N2O2S/c1-9-12-5-3-4-6-13(12)19-14(9)10(2)16-7-11-8-20-15(18)17-11/h3-6,8,10,16H,7H2,1-2H3,(H,17,18). The fraction of sp³-hybridized carbons (Fsp3) is 0.267. The molecule has 1 aromatic carbocycles. The van der Waals surface area contributed by atoms with Gasteiger partial charge in [0.15, 0.2) is 0 Å². The number of furan rings is 1. The maximum atomic E-state index is 11.1. The molecule has 0 saturated carbocycles. The Balaban J connectivity index is 1.80. The highest BCUT2D eigenvalue weighted by Crippen LogP contribution is 2.29. The lowest BCUT2D eigenvalue weighted by Gasteiger charge is -2.11. The van der Waals surface area contributed by atoms with Crippen LogP contribution in [0.4, 0.5) is 0 Å². The Morgan fingerprint density at radius 1 is 1.40 bits per heavy atom. The minimum absolute atomic E-state index is 0.0191. The van der Waals surface area contributed by atoms with Crippen molar-refractivity contribution in [2.45, 2.75) is 26.4 Å². The summed E-state index contributed by atoms with van der Waals surface area (Å²) in [6, 6.07) is 8.13. The lowest BCUT2D eigenvalue weighted by Crippen LogP contribution is -2.19. The van der Waals surface area contributed by atoms with Crippen LogP contribution in [0.25, 0.3) is 11.0 Å². The number of fused-ring (bicyclic) bond motifs is 1. The molecular formula is C15H16N2O2S. The first kappa shape index (κ1) is 13.1. The molecule has 0 fully saturated rings. The van der Waals surface area contributed by atoms with E-state index in [0.29, 0.717) is 6.54 Å². The van der Waals surface area contributed by atoms with E-state index < -0.39 is 0 Å². The number of thiazole rings is 1. The van der Waals surface area contributed by atoms with Gasteiger partial charge in [-0.25, -0.2) is 0 Å². The Bertz CT molecular complexity index is 784. The third kappa shape index (κ3) is 2.42. The molecule has 0 aliphatic heterocycles. The van der Waals surface area contributed by atoms with E-state index in [2.05, 4.69) is 30.2 Å². The minimum atomic E-state index is -0.0191. The topological polar surface area (TPSA) is 58.0 Å². The third-order valence-corrected chi connectivity index (χ3v) is 4.16. The normalized spacial score (nSPS) is 12.9. The van der Waals surface area contributed by atoms with E-state index in [1.165, 1.54) is 16.9 Å². The number of hydrogen-bond acceptors (Lipinski definition) is 4. The summed E-state index contributed by atoms with van der Waals surface area (Å²) in [5.74, 6) is 0.948. The van der Waals surface area contributed by atoms with Gasteiger partial charge in [-0.1, -0.05) is 29.5 Å². The van der Waals surface area contributed by atoms with Gasteiger partial charge >= 0.3 is 4.87 Å². The number of benzene rings is 1. The third-order valence-electron chi connectivity index (χ3n) is 3.44. The van der Waals surface area contributed by atoms with E-state index in [4.69, 9.17) is 4.42 Å². The number of H-pyrrole nitrogens is 1. The van der Waals surface area contributed by atoms with Crippen molar-refractivity contribution < 1.29 is 4.42 Å². The number of nitrogens with one attached hydrogen (secondary N) is 2. The van der Waals surface area contributed by atoms with Gasteiger partial charge in [-0.15, -0.1) is 0 Å². The molecule has 0 radical (unpaired) electrons. The average Bonchev–Trinajstić information content (AvgIpc) is 3.01. The molecule has 2 N–H and O–H groups in total. The number of hydrogen-bond donors (Lipinski definition) is 2. The fourth-order valence-corrected chi connectivity index (χ4v) is 2.94. The summed E-state index contributed by atoms with van der Waals surface area (Å²) in [6.07, 6.45) is 0. The van der Waals surface area contributed by atoms with Crippen LogP contribution in [0, 0.1) is 6.92 Å². The van der Waals surface area contributed by atoms with Crippen molar-refractivity contribution >= 4 is 22.3 Å². The second kappa shape index (κ2) is 5.26. The molecule has 0 aliphatic carbocycles. The van der Waals surface area contributed by atoms with Gasteiger partial charge in [0, 0.05) is 23.0 Å². The maximum absolute atomic E-state index is 11.1. The van der Waals surface area contributed by atoms with E-state index in [9.17, 15) is 4.79 Å². The van der Waals surface area contributed by atoms with Gasteiger partial charge in [0.25, 0.3) is 0 Å². The summed E-state index contributed by atoms with van der Waals surface area (Å²) in [5, 5.41) is 6.37. The number of para-hydroxylation sites is 1. The van der Waals surface area contributed by atoms with Crippen molar-refractivity contribution in [3.63, 3.8) is 0 Å². The summed E-state index contributed by atoms with van der Waals surface area (Å²) in [4.78, 5) is 13.9. The molecule has 3 rings (SSSR count). The molecule has 1 unspecified atom stereocenters. The summed E-state index contributed by atoms with van der Waals surface area (Å²) in [5.41, 5.74) is 2.98. The summed E-state index contributed by atoms with van der Waals surface area (Å²) in [7, 11) is 0. The van der Waals surface area contributed by atoms with Gasteiger partial charge < -0.3 is 14.7 Å². The molecule has 2 aromatic heterocycles. The van der Waals surface area contributed by atoms with Crippen LogP contribution in [0.3, 0.4) is 0 Å². The predicted octanol–water partition coefficient (Wildman–Crippen LogP) is 3.34. The van der Waals surface area contributed by atoms with E-state index in [1.54, 1.807) is 0 Å². The van der Waals surface area contributed by atoms with Crippen LogP contribution < -0.4 is 10.2 Å². The molecule has 1 atom stereocenters. The molecule has 0 aliphatic rings. The Morgan fingerprint density at radius 3 is 2.90 bits per heavy atom. The van der Waals surface area contributed by atoms with Gasteiger partial charge in [-0.05, 0) is 25.5 Å². The van der Waals surface area contributed by atoms with Gasteiger partial charge in [0.05, 0.1) is 6.04 Å². The van der Waals surface area contributed by atoms with Crippen molar-refractivity contribution in [2.75, 3.05) is 0 Å². The Labute approximate surface area is 120 Å². The molecule has 0 bridgehead atoms. The lowest BCUT2D eigenvalue weighted by atomic mass is 10.1. The van der Waals surface area contributed by atoms with E-state index in [1.807, 2.05) is 23.6 Å². The van der Waals surface area contributed by atoms with Crippen LogP contribution in [0.2, 0.25) is 0 Å². The molecule has 2 heterocycles. The SMILES string of the molecule is Cc1c(C(C)NCc2csc(=O)[nH]2)oc2ccccc12. The quantitative estimate of drug-likeness (QED) is 0.774. The van der Waals surface area contributed by atoms with Gasteiger partial charge in [0.1, 0.15) is 11.3 Å². The molecule has 20 heavy (non-hydrogen) atoms. The number of aromatic amines is 1. The van der Waals surface area contributed by atoms with Crippen LogP contribution in [0.15, 0.2) is 38.9 Å². The van der Waals surface area contributed by atoms with E-state index in [0.717, 1.165) is 22.4 Å². The van der Waals surface area contributed by atoms with Gasteiger partial charge in [-0.3, -0.25) is 4.79 Å². The predicted molar refractivity (Wildman–Crippen MR) is 81.1 cm³/mol. The Hall–Kier alpha value is -1.85. The highest BCUT2D eigenvalue weighted by molar-refractivity contribution is 7.07. The molecule has 0 amide bonds. The largest absolute Gasteiger partial charge is 0.459 e. The van der Waals surface area contributed by atoms with Crippen LogP contribution in [-0.4, -0.2) is 4.98 Å². The number of rotatable bonds is 4. The zero-order chi connectivity index (χ0) is 14.1. The van der Waals surface area contributed by atoms with Crippen molar-refractivity contribution in [1.82, 2.24) is 10.3 Å². The molecule has 5 heteroatoms. The average molecular weight is 288 g/mol. The lowest BCUT2D eigenvalue weighted by molar-refractivity contribution is 0.446. The van der Waals surface area contributed by atoms with Crippen LogP contribution in [-0.2, 0) is 6.54 Å². The van der Waals surface area contributed by atoms with Crippen LogP contribution in [0.1, 0.15) is 30.0 Å². The zero-order valence-electron chi connectivity index (χ0n) is 11.4. The van der Waals surface area contributed by atoms with E-state index >= 15 is 0 Å². The molecule has 4 nitrogen and oxygen atoms in total. The van der Waals surface area contributed by atoms with Crippen molar-refractivity contribution in [3.8, 4) is 0 Å². The van der Waals surface area contributed by atoms with Crippen molar-refractivity contribution in [2.24, 2.45) is 0 Å². The van der Waals surface area contributed by atoms with Crippen molar-refractivity contribution in [1.29, 1.82) is 0 Å². The van der Waals surface area contributed by atoms with Crippen molar-refractivity contribution in [3.05, 3.63) is 56.3 Å². The minimum Gasteiger partial charge on any atom is -0.459 e. The number of aromatic nitrogens is 1. The molecule has 3 aromatic rings. The van der Waals surface area contributed by atoms with Gasteiger partial charge in [-0.2, -0.15) is 0 Å². The fourth-order valence-electron chi connectivity index (χ4n) is 2.36. The number of aryl methyl sites for hydroxylation is 1. The van der Waals surface area contributed by atoms with Gasteiger partial charge in [0.2, 0.25) is 0 Å². The Morgan fingerprint density at radius 2 is 2.20 bits per heavy atom. The highest BCUT2D eigenvalue weighted by Gasteiger charge is 2.16. The van der Waals surface area contributed by atoms with Crippen LogP contribution >= 0.6 is 11.3 Å². The van der Waals surface area contributed by atoms with Crippen LogP contribution in [0.5, 0.6) is 0 Å².